The Morgan fingerprint density at radius 1 is 1.47 bits per heavy atom. The van der Waals surface area contributed by atoms with Gasteiger partial charge in [0.15, 0.2) is 0 Å². The molecule has 0 aromatic carbocycles. The third kappa shape index (κ3) is 3.04. The molecule has 0 aliphatic heterocycles. The van der Waals surface area contributed by atoms with Crippen LogP contribution in [0.15, 0.2) is 34.5 Å². The predicted molar refractivity (Wildman–Crippen MR) is 75.6 cm³/mol. The third-order valence-electron chi connectivity index (χ3n) is 2.55. The monoisotopic (exact) mass is 311 g/mol. The summed E-state index contributed by atoms with van der Waals surface area (Å²) >= 11 is 5.21. The summed E-state index contributed by atoms with van der Waals surface area (Å²) in [5, 5.41) is 5.46. The number of hydrogen-bond acceptors (Lipinski definition) is 4. The van der Waals surface area contributed by atoms with Gasteiger partial charge in [-0.15, -0.1) is 11.3 Å². The summed E-state index contributed by atoms with van der Waals surface area (Å²) in [4.78, 5) is 9.51. The molecular weight excluding hydrogens is 298 g/mol. The van der Waals surface area contributed by atoms with Crippen molar-refractivity contribution in [3.63, 3.8) is 0 Å². The maximum atomic E-state index is 4.20. The van der Waals surface area contributed by atoms with Gasteiger partial charge in [0.25, 0.3) is 0 Å². The lowest BCUT2D eigenvalue weighted by Gasteiger charge is -2.24. The van der Waals surface area contributed by atoms with Crippen LogP contribution in [0.1, 0.15) is 18.7 Å². The number of hydrogen-bond donors (Lipinski definition) is 1. The van der Waals surface area contributed by atoms with Crippen molar-refractivity contribution in [1.82, 2.24) is 9.97 Å². The molecule has 0 saturated carbocycles. The SMILES string of the molecule is CC(C)(CNc1ncncc1Br)c1cccs1. The van der Waals surface area contributed by atoms with Crippen LogP contribution in [0.4, 0.5) is 5.82 Å². The van der Waals surface area contributed by atoms with Crippen molar-refractivity contribution >= 4 is 33.1 Å². The third-order valence-corrected chi connectivity index (χ3v) is 4.37. The van der Waals surface area contributed by atoms with Gasteiger partial charge >= 0.3 is 0 Å². The van der Waals surface area contributed by atoms with Crippen LogP contribution >= 0.6 is 27.3 Å². The second-order valence-electron chi connectivity index (χ2n) is 4.43. The maximum absolute atomic E-state index is 4.20. The summed E-state index contributed by atoms with van der Waals surface area (Å²) in [6, 6.07) is 4.25. The Kier molecular flexibility index (Phi) is 3.79. The van der Waals surface area contributed by atoms with E-state index in [4.69, 9.17) is 0 Å². The van der Waals surface area contributed by atoms with Crippen molar-refractivity contribution < 1.29 is 0 Å². The Bertz CT molecular complexity index is 482. The van der Waals surface area contributed by atoms with Gasteiger partial charge in [0.2, 0.25) is 0 Å². The summed E-state index contributed by atoms with van der Waals surface area (Å²) < 4.78 is 0.891. The Morgan fingerprint density at radius 3 is 2.94 bits per heavy atom. The summed E-state index contributed by atoms with van der Waals surface area (Å²) in [6.45, 7) is 5.28. The van der Waals surface area contributed by atoms with Crippen LogP contribution in [0.5, 0.6) is 0 Å². The number of rotatable bonds is 4. The van der Waals surface area contributed by atoms with Crippen LogP contribution in [0.25, 0.3) is 0 Å². The minimum Gasteiger partial charge on any atom is -0.368 e. The lowest BCUT2D eigenvalue weighted by Crippen LogP contribution is -2.27. The molecule has 0 unspecified atom stereocenters. The largest absolute Gasteiger partial charge is 0.368 e. The molecule has 0 amide bonds. The quantitative estimate of drug-likeness (QED) is 0.935. The van der Waals surface area contributed by atoms with Gasteiger partial charge in [-0.1, -0.05) is 19.9 Å². The zero-order valence-corrected chi connectivity index (χ0v) is 12.2. The highest BCUT2D eigenvalue weighted by Gasteiger charge is 2.21. The van der Waals surface area contributed by atoms with Crippen molar-refractivity contribution in [3.05, 3.63) is 39.4 Å². The van der Waals surface area contributed by atoms with E-state index in [1.54, 1.807) is 23.9 Å². The van der Waals surface area contributed by atoms with E-state index in [2.05, 4.69) is 62.6 Å². The number of aromatic nitrogens is 2. The number of halogens is 1. The van der Waals surface area contributed by atoms with Crippen molar-refractivity contribution in [2.24, 2.45) is 0 Å². The van der Waals surface area contributed by atoms with E-state index in [0.717, 1.165) is 16.8 Å². The molecule has 90 valence electrons. The fourth-order valence-corrected chi connectivity index (χ4v) is 2.71. The summed E-state index contributed by atoms with van der Waals surface area (Å²) in [7, 11) is 0. The Labute approximate surface area is 113 Å². The molecule has 2 rings (SSSR count). The number of nitrogens with one attached hydrogen (secondary N) is 1. The van der Waals surface area contributed by atoms with E-state index in [1.807, 2.05) is 0 Å². The molecule has 2 aromatic heterocycles. The van der Waals surface area contributed by atoms with E-state index >= 15 is 0 Å². The van der Waals surface area contributed by atoms with Gasteiger partial charge in [-0.2, -0.15) is 0 Å². The van der Waals surface area contributed by atoms with Gasteiger partial charge in [-0.05, 0) is 27.4 Å². The van der Waals surface area contributed by atoms with Crippen molar-refractivity contribution in [1.29, 1.82) is 0 Å². The molecule has 0 saturated heterocycles. The highest BCUT2D eigenvalue weighted by molar-refractivity contribution is 9.10. The standard InChI is InChI=1S/C12H14BrN3S/c1-12(2,10-4-3-5-17-10)7-15-11-9(13)6-14-8-16-11/h3-6,8H,7H2,1-2H3,(H,14,15,16). The molecule has 0 fully saturated rings. The molecular formula is C12H14BrN3S. The minimum absolute atomic E-state index is 0.0958. The molecule has 0 spiro atoms. The van der Waals surface area contributed by atoms with Crippen molar-refractivity contribution in [2.75, 3.05) is 11.9 Å². The minimum atomic E-state index is 0.0958. The van der Waals surface area contributed by atoms with Crippen molar-refractivity contribution in [2.45, 2.75) is 19.3 Å². The molecule has 3 nitrogen and oxygen atoms in total. The fraction of sp³-hybridized carbons (Fsp3) is 0.333. The van der Waals surface area contributed by atoms with E-state index in [9.17, 15) is 0 Å². The molecule has 0 radical (unpaired) electrons. The van der Waals surface area contributed by atoms with Crippen molar-refractivity contribution in [3.8, 4) is 0 Å². The van der Waals surface area contributed by atoms with Crippen LogP contribution < -0.4 is 5.32 Å². The van der Waals surface area contributed by atoms with Gasteiger partial charge < -0.3 is 5.32 Å². The Balaban J connectivity index is 2.06. The normalized spacial score (nSPS) is 11.5. The summed E-state index contributed by atoms with van der Waals surface area (Å²) in [5.74, 6) is 0.838. The topological polar surface area (TPSA) is 37.8 Å². The molecule has 5 heteroatoms. The molecule has 2 heterocycles. The highest BCUT2D eigenvalue weighted by atomic mass is 79.9. The fourth-order valence-electron chi connectivity index (χ4n) is 1.50. The van der Waals surface area contributed by atoms with E-state index in [-0.39, 0.29) is 5.41 Å². The average Bonchev–Trinajstić information content (AvgIpc) is 2.82. The maximum Gasteiger partial charge on any atom is 0.143 e. The van der Waals surface area contributed by atoms with Gasteiger partial charge in [-0.3, -0.25) is 0 Å². The smallest absolute Gasteiger partial charge is 0.143 e. The Hall–Kier alpha value is -0.940. The van der Waals surface area contributed by atoms with Gasteiger partial charge in [-0.25, -0.2) is 9.97 Å². The molecule has 17 heavy (non-hydrogen) atoms. The number of nitrogens with zero attached hydrogens (tertiary/aromatic N) is 2. The van der Waals surface area contributed by atoms with Crippen LogP contribution in [0.2, 0.25) is 0 Å². The molecule has 1 N–H and O–H groups in total. The molecule has 0 aliphatic carbocycles. The van der Waals surface area contributed by atoms with Gasteiger partial charge in [0.1, 0.15) is 12.1 Å². The van der Waals surface area contributed by atoms with Gasteiger partial charge in [0.05, 0.1) is 4.47 Å². The second kappa shape index (κ2) is 5.14. The summed E-state index contributed by atoms with van der Waals surface area (Å²) in [6.07, 6.45) is 3.29. The lowest BCUT2D eigenvalue weighted by molar-refractivity contribution is 0.568. The van der Waals surface area contributed by atoms with E-state index < -0.39 is 0 Å². The highest BCUT2D eigenvalue weighted by Crippen LogP contribution is 2.28. The first-order valence-corrected chi connectivity index (χ1v) is 7.00. The molecule has 0 aliphatic rings. The second-order valence-corrected chi connectivity index (χ2v) is 6.24. The summed E-state index contributed by atoms with van der Waals surface area (Å²) in [5.41, 5.74) is 0.0958. The van der Waals surface area contributed by atoms with Gasteiger partial charge in [0, 0.05) is 23.0 Å². The lowest BCUT2D eigenvalue weighted by atomic mass is 9.91. The number of anilines is 1. The first-order chi connectivity index (χ1) is 8.09. The van der Waals surface area contributed by atoms with Crippen LogP contribution in [-0.4, -0.2) is 16.5 Å². The first-order valence-electron chi connectivity index (χ1n) is 5.33. The zero-order valence-electron chi connectivity index (χ0n) is 9.77. The number of thiophene rings is 1. The molecule has 0 atom stereocenters. The average molecular weight is 312 g/mol. The van der Waals surface area contributed by atoms with Crippen LogP contribution in [-0.2, 0) is 5.41 Å². The predicted octanol–water partition coefficient (Wildman–Crippen LogP) is 3.69. The zero-order chi connectivity index (χ0) is 12.3. The Morgan fingerprint density at radius 2 is 2.29 bits per heavy atom. The molecule has 0 bridgehead atoms. The van der Waals surface area contributed by atoms with Crippen LogP contribution in [0, 0.1) is 0 Å². The van der Waals surface area contributed by atoms with Crippen LogP contribution in [0.3, 0.4) is 0 Å². The van der Waals surface area contributed by atoms with E-state index in [0.29, 0.717) is 0 Å². The molecule has 2 aromatic rings. The van der Waals surface area contributed by atoms with E-state index in [1.165, 1.54) is 4.88 Å². The first kappa shape index (κ1) is 12.5.